The first kappa shape index (κ1) is 9.33. The quantitative estimate of drug-likeness (QED) is 0.830. The van der Waals surface area contributed by atoms with Gasteiger partial charge >= 0.3 is 0 Å². The zero-order chi connectivity index (χ0) is 11.0. The maximum absolute atomic E-state index is 5.92. The molecular formula is C13H13N3. The summed E-state index contributed by atoms with van der Waals surface area (Å²) >= 11 is 0. The zero-order valence-electron chi connectivity index (χ0n) is 8.93. The summed E-state index contributed by atoms with van der Waals surface area (Å²) in [6.45, 7) is 0. The van der Waals surface area contributed by atoms with Crippen LogP contribution < -0.4 is 5.73 Å². The lowest BCUT2D eigenvalue weighted by atomic mass is 10.1. The number of anilines is 1. The van der Waals surface area contributed by atoms with Gasteiger partial charge in [0.15, 0.2) is 0 Å². The maximum atomic E-state index is 5.92. The Morgan fingerprint density at radius 2 is 1.88 bits per heavy atom. The van der Waals surface area contributed by atoms with Crippen LogP contribution in [-0.4, -0.2) is 9.97 Å². The maximum Gasteiger partial charge on any atom is 0.132 e. The highest BCUT2D eigenvalue weighted by molar-refractivity contribution is 5.71. The van der Waals surface area contributed by atoms with Crippen molar-refractivity contribution in [3.05, 3.63) is 42.4 Å². The lowest BCUT2D eigenvalue weighted by Gasteiger charge is -2.06. The van der Waals surface area contributed by atoms with Gasteiger partial charge in [0.1, 0.15) is 5.82 Å². The molecule has 0 spiro atoms. The average molecular weight is 211 g/mol. The van der Waals surface area contributed by atoms with E-state index in [0.29, 0.717) is 11.6 Å². The number of hydrogen-bond donors (Lipinski definition) is 1. The summed E-state index contributed by atoms with van der Waals surface area (Å²) in [6.07, 6.45) is 4.14. The van der Waals surface area contributed by atoms with Crippen molar-refractivity contribution >= 4 is 5.69 Å². The summed E-state index contributed by atoms with van der Waals surface area (Å²) in [5.41, 5.74) is 8.48. The Balaban J connectivity index is 2.08. The van der Waals surface area contributed by atoms with Crippen molar-refractivity contribution in [1.29, 1.82) is 0 Å². The highest BCUT2D eigenvalue weighted by atomic mass is 14.9. The highest BCUT2D eigenvalue weighted by Gasteiger charge is 2.27. The Bertz CT molecular complexity index is 504. The second-order valence-corrected chi connectivity index (χ2v) is 4.17. The minimum atomic E-state index is 0.558. The molecule has 3 nitrogen and oxygen atoms in total. The molecule has 2 N–H and O–H groups in total. The van der Waals surface area contributed by atoms with Crippen LogP contribution in [0.25, 0.3) is 11.3 Å². The van der Waals surface area contributed by atoms with Gasteiger partial charge in [-0.25, -0.2) is 9.97 Å². The summed E-state index contributed by atoms with van der Waals surface area (Å²) in [5.74, 6) is 1.50. The lowest BCUT2D eigenvalue weighted by molar-refractivity contribution is 0.933. The molecule has 1 aliphatic rings. The number of nitrogens with two attached hydrogens (primary N) is 1. The van der Waals surface area contributed by atoms with Gasteiger partial charge in [-0.05, 0) is 12.8 Å². The second-order valence-electron chi connectivity index (χ2n) is 4.17. The van der Waals surface area contributed by atoms with Gasteiger partial charge in [0.25, 0.3) is 0 Å². The molecule has 1 aliphatic carbocycles. The molecule has 1 heterocycles. The molecule has 3 heteroatoms. The molecular weight excluding hydrogens is 198 g/mol. The van der Waals surface area contributed by atoms with Crippen LogP contribution in [0.1, 0.15) is 24.6 Å². The van der Waals surface area contributed by atoms with Gasteiger partial charge in [-0.3, -0.25) is 0 Å². The minimum absolute atomic E-state index is 0.558. The Labute approximate surface area is 94.4 Å². The van der Waals surface area contributed by atoms with Gasteiger partial charge in [-0.2, -0.15) is 0 Å². The van der Waals surface area contributed by atoms with E-state index in [2.05, 4.69) is 9.97 Å². The fourth-order valence-electron chi connectivity index (χ4n) is 1.77. The molecule has 0 aliphatic heterocycles. The predicted molar refractivity (Wildman–Crippen MR) is 63.9 cm³/mol. The standard InChI is InChI=1S/C13H13N3/c14-11-8-15-13(10-6-7-10)16-12(11)9-4-2-1-3-5-9/h1-5,8,10H,6-7,14H2. The van der Waals surface area contributed by atoms with E-state index in [1.165, 1.54) is 12.8 Å². The van der Waals surface area contributed by atoms with Gasteiger partial charge in [-0.15, -0.1) is 0 Å². The van der Waals surface area contributed by atoms with Gasteiger partial charge in [0.05, 0.1) is 17.6 Å². The number of hydrogen-bond acceptors (Lipinski definition) is 3. The SMILES string of the molecule is Nc1cnc(C2CC2)nc1-c1ccccc1. The van der Waals surface area contributed by atoms with Crippen LogP contribution in [0.4, 0.5) is 5.69 Å². The first-order valence-electron chi connectivity index (χ1n) is 5.52. The average Bonchev–Trinajstić information content (AvgIpc) is 3.15. The number of nitrogen functional groups attached to an aromatic ring is 1. The summed E-state index contributed by atoms with van der Waals surface area (Å²) < 4.78 is 0. The van der Waals surface area contributed by atoms with Crippen molar-refractivity contribution in [2.45, 2.75) is 18.8 Å². The smallest absolute Gasteiger partial charge is 0.132 e. The summed E-state index contributed by atoms with van der Waals surface area (Å²) in [5, 5.41) is 0. The van der Waals surface area contributed by atoms with Crippen molar-refractivity contribution in [3.63, 3.8) is 0 Å². The fraction of sp³-hybridized carbons (Fsp3) is 0.231. The third kappa shape index (κ3) is 1.65. The van der Waals surface area contributed by atoms with E-state index < -0.39 is 0 Å². The van der Waals surface area contributed by atoms with Crippen LogP contribution in [0.3, 0.4) is 0 Å². The van der Waals surface area contributed by atoms with Crippen LogP contribution in [0.15, 0.2) is 36.5 Å². The zero-order valence-corrected chi connectivity index (χ0v) is 8.93. The molecule has 0 atom stereocenters. The molecule has 1 aromatic carbocycles. The molecule has 0 radical (unpaired) electrons. The molecule has 3 rings (SSSR count). The van der Waals surface area contributed by atoms with E-state index in [4.69, 9.17) is 5.73 Å². The second kappa shape index (κ2) is 3.59. The number of rotatable bonds is 2. The van der Waals surface area contributed by atoms with Crippen LogP contribution >= 0.6 is 0 Å². The van der Waals surface area contributed by atoms with Crippen molar-refractivity contribution in [1.82, 2.24) is 9.97 Å². The molecule has 2 aromatic rings. The molecule has 0 unspecified atom stereocenters. The molecule has 0 bridgehead atoms. The Kier molecular flexibility index (Phi) is 2.10. The van der Waals surface area contributed by atoms with E-state index in [1.807, 2.05) is 30.3 Å². The van der Waals surface area contributed by atoms with Gasteiger partial charge in [-0.1, -0.05) is 30.3 Å². The summed E-state index contributed by atoms with van der Waals surface area (Å²) in [4.78, 5) is 8.86. The number of benzene rings is 1. The minimum Gasteiger partial charge on any atom is -0.396 e. The summed E-state index contributed by atoms with van der Waals surface area (Å²) in [7, 11) is 0. The summed E-state index contributed by atoms with van der Waals surface area (Å²) in [6, 6.07) is 10.0. The normalized spacial score (nSPS) is 15.0. The highest BCUT2D eigenvalue weighted by Crippen LogP contribution is 2.39. The van der Waals surface area contributed by atoms with Crippen molar-refractivity contribution < 1.29 is 0 Å². The number of nitrogens with zero attached hydrogens (tertiary/aromatic N) is 2. The first-order chi connectivity index (χ1) is 7.84. The largest absolute Gasteiger partial charge is 0.396 e. The van der Waals surface area contributed by atoms with E-state index in [9.17, 15) is 0 Å². The van der Waals surface area contributed by atoms with Gasteiger partial charge < -0.3 is 5.73 Å². The molecule has 16 heavy (non-hydrogen) atoms. The van der Waals surface area contributed by atoms with Gasteiger partial charge in [0.2, 0.25) is 0 Å². The van der Waals surface area contributed by atoms with Crippen LogP contribution in [0.2, 0.25) is 0 Å². The third-order valence-electron chi connectivity index (χ3n) is 2.83. The lowest BCUT2D eigenvalue weighted by Crippen LogP contribution is -1.99. The topological polar surface area (TPSA) is 51.8 Å². The van der Waals surface area contributed by atoms with Crippen LogP contribution in [-0.2, 0) is 0 Å². The fourth-order valence-corrected chi connectivity index (χ4v) is 1.77. The van der Waals surface area contributed by atoms with Gasteiger partial charge in [0, 0.05) is 11.5 Å². The van der Waals surface area contributed by atoms with E-state index >= 15 is 0 Å². The number of aromatic nitrogens is 2. The molecule has 0 amide bonds. The van der Waals surface area contributed by atoms with Crippen LogP contribution in [0, 0.1) is 0 Å². The van der Waals surface area contributed by atoms with E-state index in [1.54, 1.807) is 6.20 Å². The van der Waals surface area contributed by atoms with Crippen LogP contribution in [0.5, 0.6) is 0 Å². The van der Waals surface area contributed by atoms with E-state index in [-0.39, 0.29) is 0 Å². The Hall–Kier alpha value is -1.90. The Morgan fingerprint density at radius 3 is 2.56 bits per heavy atom. The Morgan fingerprint density at radius 1 is 1.12 bits per heavy atom. The van der Waals surface area contributed by atoms with Crippen molar-refractivity contribution in [3.8, 4) is 11.3 Å². The predicted octanol–water partition coefficient (Wildman–Crippen LogP) is 2.60. The van der Waals surface area contributed by atoms with E-state index in [0.717, 1.165) is 17.1 Å². The molecule has 1 aromatic heterocycles. The third-order valence-corrected chi connectivity index (χ3v) is 2.83. The molecule has 1 fully saturated rings. The molecule has 1 saturated carbocycles. The molecule has 80 valence electrons. The first-order valence-corrected chi connectivity index (χ1v) is 5.52. The van der Waals surface area contributed by atoms with Crippen molar-refractivity contribution in [2.24, 2.45) is 0 Å². The molecule has 0 saturated heterocycles. The van der Waals surface area contributed by atoms with Crippen molar-refractivity contribution in [2.75, 3.05) is 5.73 Å². The monoisotopic (exact) mass is 211 g/mol.